The van der Waals surface area contributed by atoms with Gasteiger partial charge in [0.25, 0.3) is 11.8 Å². The van der Waals surface area contributed by atoms with Crippen molar-refractivity contribution < 1.29 is 28.7 Å². The minimum atomic E-state index is -0.433. The van der Waals surface area contributed by atoms with E-state index >= 15 is 0 Å². The first-order valence-electron chi connectivity index (χ1n) is 17.0. The van der Waals surface area contributed by atoms with Gasteiger partial charge in [-0.05, 0) is 104 Å². The number of ether oxygens (including phenoxy) is 2. The van der Waals surface area contributed by atoms with Gasteiger partial charge in [0.15, 0.2) is 0 Å². The van der Waals surface area contributed by atoms with Crippen LogP contribution in [0.3, 0.4) is 0 Å². The average Bonchev–Trinajstić information content (AvgIpc) is 3.57. The van der Waals surface area contributed by atoms with Gasteiger partial charge in [0.05, 0.1) is 24.3 Å². The lowest BCUT2D eigenvalue weighted by Gasteiger charge is -2.33. The largest absolute Gasteiger partial charge is 0.462 e. The molecule has 2 N–H and O–H groups in total. The van der Waals surface area contributed by atoms with Gasteiger partial charge in [-0.25, -0.2) is 9.59 Å². The Morgan fingerprint density at radius 3 is 1.46 bits per heavy atom. The molecule has 3 aromatic rings. The van der Waals surface area contributed by atoms with Crippen molar-refractivity contribution in [2.24, 2.45) is 22.7 Å². The van der Waals surface area contributed by atoms with Crippen LogP contribution in [0.25, 0.3) is 0 Å². The Labute approximate surface area is 292 Å². The summed E-state index contributed by atoms with van der Waals surface area (Å²) < 4.78 is 10.8. The number of rotatable bonds is 8. The van der Waals surface area contributed by atoms with Gasteiger partial charge in [-0.3, -0.25) is 9.59 Å². The zero-order chi connectivity index (χ0) is 35.0. The number of fused-ring (bicyclic) bond motifs is 2. The predicted molar refractivity (Wildman–Crippen MR) is 193 cm³/mol. The summed E-state index contributed by atoms with van der Waals surface area (Å²) in [5.41, 5.74) is 3.62. The van der Waals surface area contributed by atoms with Crippen LogP contribution in [-0.2, 0) is 35.2 Å². The normalized spacial score (nSPS) is 17.6. The SMILES string of the molecule is CCOC(=O)c1c(NC(=O)c2cccc(C(=O)Nc3sc4c(c3C(=O)OCC)CCC(C(C)(C)C)C4)c2)sc2c1CCC(C(C)(C)C)C2. The number of nitrogens with one attached hydrogen (secondary N) is 2. The molecule has 258 valence electrons. The minimum absolute atomic E-state index is 0.130. The first-order valence-corrected chi connectivity index (χ1v) is 18.6. The molecule has 2 atom stereocenters. The molecule has 0 fully saturated rings. The number of amides is 2. The summed E-state index contributed by atoms with van der Waals surface area (Å²) in [5.74, 6) is -0.775. The van der Waals surface area contributed by atoms with Crippen LogP contribution in [0.15, 0.2) is 24.3 Å². The Balaban J connectivity index is 1.39. The summed E-state index contributed by atoms with van der Waals surface area (Å²) in [5, 5.41) is 6.89. The summed E-state index contributed by atoms with van der Waals surface area (Å²) in [6.45, 7) is 17.4. The number of hydrogen-bond donors (Lipinski definition) is 2. The van der Waals surface area contributed by atoms with Crippen molar-refractivity contribution in [3.63, 3.8) is 0 Å². The third-order valence-electron chi connectivity index (χ3n) is 9.78. The molecule has 2 heterocycles. The second-order valence-corrected chi connectivity index (χ2v) is 17.2. The number of benzene rings is 1. The van der Waals surface area contributed by atoms with E-state index in [0.29, 0.717) is 33.0 Å². The second-order valence-electron chi connectivity index (χ2n) is 15.0. The van der Waals surface area contributed by atoms with E-state index in [1.54, 1.807) is 32.0 Å². The van der Waals surface area contributed by atoms with Gasteiger partial charge in [0, 0.05) is 20.9 Å². The van der Waals surface area contributed by atoms with E-state index in [4.69, 9.17) is 9.47 Å². The van der Waals surface area contributed by atoms with Crippen LogP contribution in [0.4, 0.5) is 10.0 Å². The number of carbonyl (C=O) groups excluding carboxylic acids is 4. The lowest BCUT2D eigenvalue weighted by atomic mass is 9.72. The second kappa shape index (κ2) is 14.2. The van der Waals surface area contributed by atoms with Crippen molar-refractivity contribution in [2.45, 2.75) is 93.9 Å². The molecule has 2 aliphatic rings. The fourth-order valence-corrected chi connectivity index (χ4v) is 9.44. The smallest absolute Gasteiger partial charge is 0.341 e. The molecule has 1 aromatic carbocycles. The van der Waals surface area contributed by atoms with E-state index in [0.717, 1.165) is 59.4 Å². The maximum atomic E-state index is 13.6. The van der Waals surface area contributed by atoms with E-state index in [1.165, 1.54) is 28.7 Å². The highest BCUT2D eigenvalue weighted by Gasteiger charge is 2.36. The van der Waals surface area contributed by atoms with Crippen LogP contribution in [0.5, 0.6) is 0 Å². The molecule has 2 unspecified atom stereocenters. The maximum absolute atomic E-state index is 13.6. The number of thiophene rings is 2. The Bertz CT molecular complexity index is 1600. The van der Waals surface area contributed by atoms with Gasteiger partial charge < -0.3 is 20.1 Å². The standard InChI is InChI=1S/C38H48N2O6S2/c1-9-45-35(43)29-25-16-14-23(37(3,4)5)19-27(25)47-33(29)39-31(41)21-12-11-13-22(18-21)32(42)40-34-30(36(44)46-10-2)26-17-15-24(38(6,7)8)20-28(26)48-34/h11-13,18,23-24H,9-10,14-17,19-20H2,1-8H3,(H,39,41)(H,40,42). The quantitative estimate of drug-likeness (QED) is 0.228. The molecule has 48 heavy (non-hydrogen) atoms. The fraction of sp³-hybridized carbons (Fsp3) is 0.526. The van der Waals surface area contributed by atoms with Crippen molar-refractivity contribution in [1.82, 2.24) is 0 Å². The number of hydrogen-bond acceptors (Lipinski definition) is 8. The van der Waals surface area contributed by atoms with Crippen molar-refractivity contribution >= 4 is 56.4 Å². The summed E-state index contributed by atoms with van der Waals surface area (Å²) in [4.78, 5) is 55.7. The van der Waals surface area contributed by atoms with Gasteiger partial charge in [0.1, 0.15) is 10.0 Å². The van der Waals surface area contributed by atoms with E-state index < -0.39 is 23.8 Å². The summed E-state index contributed by atoms with van der Waals surface area (Å²) in [6.07, 6.45) is 5.13. The molecule has 0 aliphatic heterocycles. The Morgan fingerprint density at radius 1 is 0.708 bits per heavy atom. The maximum Gasteiger partial charge on any atom is 0.341 e. The highest BCUT2D eigenvalue weighted by Crippen LogP contribution is 2.46. The van der Waals surface area contributed by atoms with Crippen LogP contribution < -0.4 is 10.6 Å². The van der Waals surface area contributed by atoms with E-state index in [2.05, 4.69) is 52.2 Å². The number of anilines is 2. The molecule has 2 aliphatic carbocycles. The summed E-state index contributed by atoms with van der Waals surface area (Å²) >= 11 is 2.88. The molecule has 5 rings (SSSR count). The molecule has 0 saturated heterocycles. The third kappa shape index (κ3) is 7.54. The van der Waals surface area contributed by atoms with Crippen LogP contribution in [0.2, 0.25) is 0 Å². The van der Waals surface area contributed by atoms with Crippen LogP contribution in [0, 0.1) is 22.7 Å². The van der Waals surface area contributed by atoms with Crippen LogP contribution >= 0.6 is 22.7 Å². The first-order chi connectivity index (χ1) is 22.6. The topological polar surface area (TPSA) is 111 Å². The number of carbonyl (C=O) groups is 4. The highest BCUT2D eigenvalue weighted by atomic mass is 32.1. The van der Waals surface area contributed by atoms with E-state index in [1.807, 2.05) is 0 Å². The van der Waals surface area contributed by atoms with Gasteiger partial charge in [-0.15, -0.1) is 22.7 Å². The average molecular weight is 693 g/mol. The Morgan fingerprint density at radius 2 is 1.10 bits per heavy atom. The van der Waals surface area contributed by atoms with Gasteiger partial charge in [0.2, 0.25) is 0 Å². The zero-order valence-corrected chi connectivity index (χ0v) is 31.0. The van der Waals surface area contributed by atoms with Crippen LogP contribution in [0.1, 0.15) is 131 Å². The lowest BCUT2D eigenvalue weighted by molar-refractivity contribution is 0.0516. The fourth-order valence-electron chi connectivity index (χ4n) is 6.82. The van der Waals surface area contributed by atoms with E-state index in [9.17, 15) is 19.2 Å². The predicted octanol–water partition coefficient (Wildman–Crippen LogP) is 8.97. The summed E-state index contributed by atoms with van der Waals surface area (Å²) in [6, 6.07) is 6.47. The molecule has 0 bridgehead atoms. The molecule has 0 saturated carbocycles. The number of esters is 2. The molecule has 10 heteroatoms. The molecule has 0 spiro atoms. The monoisotopic (exact) mass is 692 g/mol. The zero-order valence-electron chi connectivity index (χ0n) is 29.4. The molecule has 0 radical (unpaired) electrons. The Hall–Kier alpha value is -3.50. The van der Waals surface area contributed by atoms with Crippen molar-refractivity contribution in [3.05, 3.63) is 67.4 Å². The van der Waals surface area contributed by atoms with Crippen LogP contribution in [-0.4, -0.2) is 37.0 Å². The van der Waals surface area contributed by atoms with Gasteiger partial charge >= 0.3 is 11.9 Å². The van der Waals surface area contributed by atoms with Crippen molar-refractivity contribution in [1.29, 1.82) is 0 Å². The lowest BCUT2D eigenvalue weighted by Crippen LogP contribution is -2.26. The van der Waals surface area contributed by atoms with Crippen molar-refractivity contribution in [3.8, 4) is 0 Å². The van der Waals surface area contributed by atoms with Gasteiger partial charge in [-0.2, -0.15) is 0 Å². The molecular weight excluding hydrogens is 645 g/mol. The van der Waals surface area contributed by atoms with Crippen molar-refractivity contribution in [2.75, 3.05) is 23.8 Å². The molecule has 2 aromatic heterocycles. The molecule has 2 amide bonds. The van der Waals surface area contributed by atoms with E-state index in [-0.39, 0.29) is 35.2 Å². The highest BCUT2D eigenvalue weighted by molar-refractivity contribution is 7.17. The first kappa shape index (κ1) is 35.8. The Kier molecular flexibility index (Phi) is 10.6. The third-order valence-corrected chi connectivity index (χ3v) is 12.1. The minimum Gasteiger partial charge on any atom is -0.462 e. The van der Waals surface area contributed by atoms with Gasteiger partial charge in [-0.1, -0.05) is 47.6 Å². The summed E-state index contributed by atoms with van der Waals surface area (Å²) in [7, 11) is 0. The molecular formula is C38H48N2O6S2. The molecule has 8 nitrogen and oxygen atoms in total.